The fourth-order valence-corrected chi connectivity index (χ4v) is 2.44. The summed E-state index contributed by atoms with van der Waals surface area (Å²) in [5, 5.41) is 3.21. The molecule has 1 aromatic rings. The Kier molecular flexibility index (Phi) is 5.61. The number of carbonyl (C=O) groups excluding carboxylic acids is 1. The normalized spacial score (nSPS) is 15.6. The molecule has 1 aromatic heterocycles. The highest BCUT2D eigenvalue weighted by Gasteiger charge is 2.14. The summed E-state index contributed by atoms with van der Waals surface area (Å²) in [7, 11) is 0. The van der Waals surface area contributed by atoms with Crippen molar-refractivity contribution in [2.45, 2.75) is 38.2 Å². The molecule has 1 aliphatic carbocycles. The molecule has 0 aliphatic heterocycles. The Balaban J connectivity index is 1.62. The molecule has 1 heterocycles. The minimum Gasteiger partial charge on any atom is -0.378 e. The van der Waals surface area contributed by atoms with Crippen molar-refractivity contribution in [3.05, 3.63) is 29.0 Å². The van der Waals surface area contributed by atoms with E-state index in [0.29, 0.717) is 29.8 Å². The summed E-state index contributed by atoms with van der Waals surface area (Å²) in [6.07, 6.45) is 9.21. The van der Waals surface area contributed by atoms with Gasteiger partial charge in [-0.2, -0.15) is 0 Å². The molecule has 1 aliphatic rings. The van der Waals surface area contributed by atoms with Crippen molar-refractivity contribution in [2.75, 3.05) is 13.2 Å². The van der Waals surface area contributed by atoms with Gasteiger partial charge < -0.3 is 10.1 Å². The van der Waals surface area contributed by atoms with E-state index in [2.05, 4.69) is 10.3 Å². The Hall–Kier alpha value is -1.13. The van der Waals surface area contributed by atoms with Crippen molar-refractivity contribution in [2.24, 2.45) is 0 Å². The highest BCUT2D eigenvalue weighted by atomic mass is 35.5. The molecule has 2 rings (SSSR count). The summed E-state index contributed by atoms with van der Waals surface area (Å²) in [6, 6.07) is 1.62. The lowest BCUT2D eigenvalue weighted by atomic mass is 10.2. The predicted molar refractivity (Wildman–Crippen MR) is 74.4 cm³/mol. The van der Waals surface area contributed by atoms with E-state index in [1.807, 2.05) is 0 Å². The van der Waals surface area contributed by atoms with Crippen LogP contribution in [0.15, 0.2) is 18.5 Å². The summed E-state index contributed by atoms with van der Waals surface area (Å²) in [5.41, 5.74) is 0.466. The number of pyridine rings is 1. The first-order valence-electron chi connectivity index (χ1n) is 6.76. The van der Waals surface area contributed by atoms with E-state index >= 15 is 0 Å². The molecular weight excluding hydrogens is 264 g/mol. The summed E-state index contributed by atoms with van der Waals surface area (Å²) in [4.78, 5) is 15.7. The molecule has 1 fully saturated rings. The van der Waals surface area contributed by atoms with E-state index in [1.54, 1.807) is 12.3 Å². The Morgan fingerprint density at radius 3 is 3.00 bits per heavy atom. The van der Waals surface area contributed by atoms with Crippen molar-refractivity contribution in [1.82, 2.24) is 10.3 Å². The molecule has 5 heteroatoms. The van der Waals surface area contributed by atoms with Gasteiger partial charge in [0.25, 0.3) is 5.91 Å². The van der Waals surface area contributed by atoms with Crippen LogP contribution in [0.2, 0.25) is 5.02 Å². The van der Waals surface area contributed by atoms with Crippen molar-refractivity contribution >= 4 is 17.5 Å². The molecule has 0 spiro atoms. The summed E-state index contributed by atoms with van der Waals surface area (Å²) >= 11 is 5.90. The van der Waals surface area contributed by atoms with Gasteiger partial charge >= 0.3 is 0 Å². The molecule has 19 heavy (non-hydrogen) atoms. The Morgan fingerprint density at radius 1 is 1.47 bits per heavy atom. The quantitative estimate of drug-likeness (QED) is 0.816. The number of carbonyl (C=O) groups is 1. The minimum atomic E-state index is -0.159. The third-order valence-corrected chi connectivity index (χ3v) is 3.58. The van der Waals surface area contributed by atoms with Crippen LogP contribution in [0.25, 0.3) is 0 Å². The minimum absolute atomic E-state index is 0.159. The summed E-state index contributed by atoms with van der Waals surface area (Å²) in [6.45, 7) is 1.30. The van der Waals surface area contributed by atoms with E-state index in [4.69, 9.17) is 16.3 Å². The second-order valence-corrected chi connectivity index (χ2v) is 5.15. The molecule has 0 radical (unpaired) electrons. The van der Waals surface area contributed by atoms with Crippen LogP contribution in [0, 0.1) is 0 Å². The molecule has 0 unspecified atom stereocenters. The first-order chi connectivity index (χ1) is 9.27. The van der Waals surface area contributed by atoms with Crippen LogP contribution < -0.4 is 5.32 Å². The molecular formula is C14H19ClN2O2. The average molecular weight is 283 g/mol. The smallest absolute Gasteiger partial charge is 0.252 e. The molecule has 0 bridgehead atoms. The SMILES string of the molecule is O=C(NCCCOC1CCCC1)c1ccncc1Cl. The zero-order valence-corrected chi connectivity index (χ0v) is 11.7. The Morgan fingerprint density at radius 2 is 2.26 bits per heavy atom. The third-order valence-electron chi connectivity index (χ3n) is 3.28. The van der Waals surface area contributed by atoms with Crippen LogP contribution >= 0.6 is 11.6 Å². The first-order valence-corrected chi connectivity index (χ1v) is 7.14. The lowest BCUT2D eigenvalue weighted by molar-refractivity contribution is 0.0565. The fourth-order valence-electron chi connectivity index (χ4n) is 2.23. The standard InChI is InChI=1S/C14H19ClN2O2/c15-13-10-16-8-6-12(13)14(18)17-7-3-9-19-11-4-1-2-5-11/h6,8,10-11H,1-5,7,9H2,(H,17,18). The lowest BCUT2D eigenvalue weighted by Gasteiger charge is -2.11. The van der Waals surface area contributed by atoms with Crippen molar-refractivity contribution < 1.29 is 9.53 Å². The molecule has 1 saturated carbocycles. The van der Waals surface area contributed by atoms with E-state index in [1.165, 1.54) is 31.9 Å². The monoisotopic (exact) mass is 282 g/mol. The second-order valence-electron chi connectivity index (χ2n) is 4.74. The molecule has 0 atom stereocenters. The zero-order valence-electron chi connectivity index (χ0n) is 10.9. The van der Waals surface area contributed by atoms with Gasteiger partial charge in [-0.1, -0.05) is 24.4 Å². The van der Waals surface area contributed by atoms with Crippen molar-refractivity contribution in [3.63, 3.8) is 0 Å². The summed E-state index contributed by atoms with van der Waals surface area (Å²) < 4.78 is 5.73. The number of aromatic nitrogens is 1. The van der Waals surface area contributed by atoms with E-state index < -0.39 is 0 Å². The molecule has 0 aromatic carbocycles. The highest BCUT2D eigenvalue weighted by Crippen LogP contribution is 2.20. The van der Waals surface area contributed by atoms with Gasteiger partial charge in [0.2, 0.25) is 0 Å². The number of hydrogen-bond donors (Lipinski definition) is 1. The number of hydrogen-bond acceptors (Lipinski definition) is 3. The molecule has 104 valence electrons. The van der Waals surface area contributed by atoms with E-state index in [9.17, 15) is 4.79 Å². The number of nitrogens with one attached hydrogen (secondary N) is 1. The maximum Gasteiger partial charge on any atom is 0.252 e. The molecule has 0 saturated heterocycles. The van der Waals surface area contributed by atoms with Crippen LogP contribution in [-0.4, -0.2) is 30.1 Å². The fraction of sp³-hybridized carbons (Fsp3) is 0.571. The Bertz CT molecular complexity index is 420. The van der Waals surface area contributed by atoms with Crippen molar-refractivity contribution in [3.8, 4) is 0 Å². The lowest BCUT2D eigenvalue weighted by Crippen LogP contribution is -2.26. The van der Waals surface area contributed by atoms with Gasteiger partial charge in [-0.05, 0) is 25.3 Å². The van der Waals surface area contributed by atoms with Crippen LogP contribution in [0.1, 0.15) is 42.5 Å². The van der Waals surface area contributed by atoms with Crippen molar-refractivity contribution in [1.29, 1.82) is 0 Å². The topological polar surface area (TPSA) is 51.2 Å². The first kappa shape index (κ1) is 14.3. The van der Waals surface area contributed by atoms with Crippen LogP contribution in [0.5, 0.6) is 0 Å². The summed E-state index contributed by atoms with van der Waals surface area (Å²) in [5.74, 6) is -0.159. The number of nitrogens with zero attached hydrogens (tertiary/aromatic N) is 1. The van der Waals surface area contributed by atoms with E-state index in [-0.39, 0.29) is 5.91 Å². The zero-order chi connectivity index (χ0) is 13.5. The molecule has 1 N–H and O–H groups in total. The number of rotatable bonds is 6. The number of amides is 1. The maximum absolute atomic E-state index is 11.8. The highest BCUT2D eigenvalue weighted by molar-refractivity contribution is 6.33. The average Bonchev–Trinajstić information content (AvgIpc) is 2.92. The number of halogens is 1. The third kappa shape index (κ3) is 4.48. The molecule has 4 nitrogen and oxygen atoms in total. The maximum atomic E-state index is 11.8. The van der Waals surface area contributed by atoms with Crippen LogP contribution in [-0.2, 0) is 4.74 Å². The molecule has 1 amide bonds. The second kappa shape index (κ2) is 7.46. The largest absolute Gasteiger partial charge is 0.378 e. The van der Waals surface area contributed by atoms with E-state index in [0.717, 1.165) is 6.42 Å². The predicted octanol–water partition coefficient (Wildman–Crippen LogP) is 2.81. The van der Waals surface area contributed by atoms with Gasteiger partial charge in [-0.3, -0.25) is 9.78 Å². The Labute approximate surface area is 118 Å². The van der Waals surface area contributed by atoms with Gasteiger partial charge in [0.05, 0.1) is 16.7 Å². The van der Waals surface area contributed by atoms with Gasteiger partial charge in [-0.15, -0.1) is 0 Å². The number of ether oxygens (including phenoxy) is 1. The van der Waals surface area contributed by atoms with Crippen LogP contribution in [0.3, 0.4) is 0 Å². The van der Waals surface area contributed by atoms with Crippen LogP contribution in [0.4, 0.5) is 0 Å². The van der Waals surface area contributed by atoms with Gasteiger partial charge in [0, 0.05) is 25.5 Å². The van der Waals surface area contributed by atoms with Gasteiger partial charge in [0.15, 0.2) is 0 Å². The van der Waals surface area contributed by atoms with Gasteiger partial charge in [-0.25, -0.2) is 0 Å². The van der Waals surface area contributed by atoms with Gasteiger partial charge in [0.1, 0.15) is 0 Å².